The molecular weight excluding hydrogens is 234 g/mol. The van der Waals surface area contributed by atoms with E-state index in [4.69, 9.17) is 0 Å². The number of alkyl halides is 3. The SMILES string of the molecule is CNCC/C=C/c1ccc(C(F)(F)F)c(F)c1. The van der Waals surface area contributed by atoms with E-state index >= 15 is 0 Å². The fraction of sp³-hybridized carbons (Fsp3) is 0.333. The molecule has 1 nitrogen and oxygen atoms in total. The first-order chi connectivity index (χ1) is 7.95. The minimum absolute atomic E-state index is 0.423. The van der Waals surface area contributed by atoms with Crippen molar-refractivity contribution in [1.29, 1.82) is 0 Å². The molecule has 0 spiro atoms. The van der Waals surface area contributed by atoms with E-state index in [2.05, 4.69) is 5.32 Å². The van der Waals surface area contributed by atoms with Gasteiger partial charge < -0.3 is 5.32 Å². The van der Waals surface area contributed by atoms with Gasteiger partial charge in [0.1, 0.15) is 5.82 Å². The molecule has 0 saturated carbocycles. The van der Waals surface area contributed by atoms with Crippen LogP contribution in [0, 0.1) is 5.82 Å². The van der Waals surface area contributed by atoms with E-state index in [1.165, 1.54) is 6.07 Å². The molecule has 0 radical (unpaired) electrons. The summed E-state index contributed by atoms with van der Waals surface area (Å²) >= 11 is 0. The third-order valence-corrected chi connectivity index (χ3v) is 2.17. The third-order valence-electron chi connectivity index (χ3n) is 2.17. The van der Waals surface area contributed by atoms with Crippen LogP contribution in [0.25, 0.3) is 6.08 Å². The van der Waals surface area contributed by atoms with E-state index in [1.807, 2.05) is 0 Å². The Labute approximate surface area is 97.1 Å². The summed E-state index contributed by atoms with van der Waals surface area (Å²) in [6.45, 7) is 0.764. The van der Waals surface area contributed by atoms with Gasteiger partial charge in [0.2, 0.25) is 0 Å². The second-order valence-electron chi connectivity index (χ2n) is 3.53. The van der Waals surface area contributed by atoms with Crippen molar-refractivity contribution in [3.8, 4) is 0 Å². The Morgan fingerprint density at radius 2 is 2.00 bits per heavy atom. The largest absolute Gasteiger partial charge is 0.419 e. The van der Waals surface area contributed by atoms with Crippen LogP contribution in [0.4, 0.5) is 17.6 Å². The number of rotatable bonds is 4. The molecule has 1 aromatic carbocycles. The Morgan fingerprint density at radius 1 is 1.29 bits per heavy atom. The standard InChI is InChI=1S/C12H13F4N/c1-17-7-3-2-4-9-5-6-10(11(13)8-9)12(14,15)16/h2,4-6,8,17H,3,7H2,1H3/b4-2+. The van der Waals surface area contributed by atoms with Crippen molar-refractivity contribution in [3.63, 3.8) is 0 Å². The molecule has 0 aliphatic rings. The maximum atomic E-state index is 13.2. The van der Waals surface area contributed by atoms with Crippen LogP contribution in [0.5, 0.6) is 0 Å². The highest BCUT2D eigenvalue weighted by Gasteiger charge is 2.33. The Morgan fingerprint density at radius 3 is 2.53 bits per heavy atom. The van der Waals surface area contributed by atoms with Gasteiger partial charge in [-0.1, -0.05) is 18.2 Å². The molecule has 5 heteroatoms. The Kier molecular flexibility index (Phi) is 4.69. The number of nitrogens with one attached hydrogen (secondary N) is 1. The van der Waals surface area contributed by atoms with Gasteiger partial charge in [0, 0.05) is 0 Å². The number of hydrogen-bond acceptors (Lipinski definition) is 1. The molecule has 17 heavy (non-hydrogen) atoms. The van der Waals surface area contributed by atoms with Crippen molar-refractivity contribution in [2.75, 3.05) is 13.6 Å². The molecule has 0 saturated heterocycles. The molecule has 0 fully saturated rings. The molecule has 0 atom stereocenters. The molecule has 0 aliphatic heterocycles. The fourth-order valence-electron chi connectivity index (χ4n) is 1.31. The lowest BCUT2D eigenvalue weighted by atomic mass is 10.1. The highest BCUT2D eigenvalue weighted by Crippen LogP contribution is 2.31. The molecule has 1 aromatic rings. The Balaban J connectivity index is 2.79. The van der Waals surface area contributed by atoms with Crippen LogP contribution in [0.1, 0.15) is 17.5 Å². The van der Waals surface area contributed by atoms with Crippen LogP contribution in [0.15, 0.2) is 24.3 Å². The summed E-state index contributed by atoms with van der Waals surface area (Å²) in [7, 11) is 1.80. The van der Waals surface area contributed by atoms with Crippen LogP contribution in [0.3, 0.4) is 0 Å². The fourth-order valence-corrected chi connectivity index (χ4v) is 1.31. The van der Waals surface area contributed by atoms with Gasteiger partial charge in [-0.05, 0) is 37.7 Å². The summed E-state index contributed by atoms with van der Waals surface area (Å²) in [6.07, 6.45) is -0.531. The number of benzene rings is 1. The van der Waals surface area contributed by atoms with Gasteiger partial charge in [-0.2, -0.15) is 13.2 Å². The van der Waals surface area contributed by atoms with E-state index in [-0.39, 0.29) is 0 Å². The second-order valence-corrected chi connectivity index (χ2v) is 3.53. The minimum atomic E-state index is -4.64. The Bertz CT molecular complexity index is 396. The van der Waals surface area contributed by atoms with Gasteiger partial charge in [0.25, 0.3) is 0 Å². The maximum Gasteiger partial charge on any atom is 0.419 e. The molecule has 0 aromatic heterocycles. The van der Waals surface area contributed by atoms with Crippen molar-refractivity contribution >= 4 is 6.08 Å². The number of hydrogen-bond donors (Lipinski definition) is 1. The van der Waals surface area contributed by atoms with E-state index in [0.717, 1.165) is 25.1 Å². The summed E-state index contributed by atoms with van der Waals surface area (Å²) in [5, 5.41) is 2.92. The minimum Gasteiger partial charge on any atom is -0.319 e. The lowest BCUT2D eigenvalue weighted by molar-refractivity contribution is -0.140. The van der Waals surface area contributed by atoms with Gasteiger partial charge in [-0.25, -0.2) is 4.39 Å². The lowest BCUT2D eigenvalue weighted by Crippen LogP contribution is -2.07. The van der Waals surface area contributed by atoms with E-state index < -0.39 is 17.6 Å². The van der Waals surface area contributed by atoms with Crippen LogP contribution < -0.4 is 5.32 Å². The van der Waals surface area contributed by atoms with Gasteiger partial charge in [0.15, 0.2) is 0 Å². The van der Waals surface area contributed by atoms with Gasteiger partial charge in [-0.3, -0.25) is 0 Å². The zero-order chi connectivity index (χ0) is 12.9. The average molecular weight is 247 g/mol. The maximum absolute atomic E-state index is 13.2. The third kappa shape index (κ3) is 4.19. The zero-order valence-electron chi connectivity index (χ0n) is 9.31. The molecule has 94 valence electrons. The van der Waals surface area contributed by atoms with Gasteiger partial charge >= 0.3 is 6.18 Å². The smallest absolute Gasteiger partial charge is 0.319 e. The molecule has 1 N–H and O–H groups in total. The van der Waals surface area contributed by atoms with E-state index in [1.54, 1.807) is 19.2 Å². The van der Waals surface area contributed by atoms with Crippen LogP contribution in [-0.2, 0) is 6.18 Å². The van der Waals surface area contributed by atoms with Crippen molar-refractivity contribution in [1.82, 2.24) is 5.32 Å². The molecule has 0 heterocycles. The summed E-state index contributed by atoms with van der Waals surface area (Å²) in [5.41, 5.74) is -0.809. The summed E-state index contributed by atoms with van der Waals surface area (Å²) in [6, 6.07) is 2.90. The molecule has 1 rings (SSSR count). The zero-order valence-corrected chi connectivity index (χ0v) is 9.31. The van der Waals surface area contributed by atoms with E-state index in [0.29, 0.717) is 5.56 Å². The monoisotopic (exact) mass is 247 g/mol. The lowest BCUT2D eigenvalue weighted by Gasteiger charge is -2.07. The van der Waals surface area contributed by atoms with Gasteiger partial charge in [0.05, 0.1) is 5.56 Å². The summed E-state index contributed by atoms with van der Waals surface area (Å²) < 4.78 is 50.0. The molecule has 0 aliphatic carbocycles. The first-order valence-electron chi connectivity index (χ1n) is 5.13. The Hall–Kier alpha value is -1.36. The quantitative estimate of drug-likeness (QED) is 0.634. The van der Waals surface area contributed by atoms with Crippen molar-refractivity contribution in [3.05, 3.63) is 41.2 Å². The second kappa shape index (κ2) is 5.82. The van der Waals surface area contributed by atoms with Crippen molar-refractivity contribution < 1.29 is 17.6 Å². The number of halogens is 4. The summed E-state index contributed by atoms with van der Waals surface area (Å²) in [4.78, 5) is 0. The molecule has 0 bridgehead atoms. The molecular formula is C12H13F4N. The topological polar surface area (TPSA) is 12.0 Å². The first-order valence-corrected chi connectivity index (χ1v) is 5.13. The highest BCUT2D eigenvalue weighted by molar-refractivity contribution is 5.50. The predicted octanol–water partition coefficient (Wildman–Crippen LogP) is 3.47. The van der Waals surface area contributed by atoms with Crippen LogP contribution >= 0.6 is 0 Å². The predicted molar refractivity (Wildman–Crippen MR) is 59.0 cm³/mol. The molecule has 0 unspecified atom stereocenters. The summed E-state index contributed by atoms with van der Waals surface area (Å²) in [5.74, 6) is -1.24. The first kappa shape index (κ1) is 13.7. The van der Waals surface area contributed by atoms with Crippen LogP contribution in [0.2, 0.25) is 0 Å². The van der Waals surface area contributed by atoms with Crippen LogP contribution in [-0.4, -0.2) is 13.6 Å². The normalized spacial score (nSPS) is 12.3. The van der Waals surface area contributed by atoms with E-state index in [9.17, 15) is 17.6 Å². The van der Waals surface area contributed by atoms with Crippen molar-refractivity contribution in [2.24, 2.45) is 0 Å². The van der Waals surface area contributed by atoms with Crippen molar-refractivity contribution in [2.45, 2.75) is 12.6 Å². The average Bonchev–Trinajstić information content (AvgIpc) is 2.23. The highest BCUT2D eigenvalue weighted by atomic mass is 19.4. The molecule has 0 amide bonds. The van der Waals surface area contributed by atoms with Gasteiger partial charge in [-0.15, -0.1) is 0 Å².